The van der Waals surface area contributed by atoms with Crippen LogP contribution in [-0.2, 0) is 24.9 Å². The van der Waals surface area contributed by atoms with E-state index in [-0.39, 0.29) is 17.8 Å². The van der Waals surface area contributed by atoms with Crippen molar-refractivity contribution in [3.63, 3.8) is 0 Å². The summed E-state index contributed by atoms with van der Waals surface area (Å²) in [6.45, 7) is 10.8. The number of hydrogen-bond donors (Lipinski definition) is 0. The van der Waals surface area contributed by atoms with Crippen molar-refractivity contribution < 1.29 is 4.74 Å². The quantitative estimate of drug-likeness (QED) is 0.603. The Morgan fingerprint density at radius 3 is 2.50 bits per heavy atom. The second kappa shape index (κ2) is 7.75. The summed E-state index contributed by atoms with van der Waals surface area (Å²) in [4.78, 5) is 33.1. The summed E-state index contributed by atoms with van der Waals surface area (Å²) in [5.41, 5.74) is 3.64. The second-order valence-electron chi connectivity index (χ2n) is 8.25. The summed E-state index contributed by atoms with van der Waals surface area (Å²) < 4.78 is 10.1. The molecular weight excluding hydrogens is 382 g/mol. The van der Waals surface area contributed by atoms with Gasteiger partial charge in [-0.1, -0.05) is 13.0 Å². The topological polar surface area (TPSA) is 74.3 Å². The van der Waals surface area contributed by atoms with Gasteiger partial charge in [-0.05, 0) is 49.9 Å². The number of anilines is 2. The number of rotatable bonds is 5. The Morgan fingerprint density at radius 1 is 1.13 bits per heavy atom. The van der Waals surface area contributed by atoms with Crippen LogP contribution in [0.1, 0.15) is 25.0 Å². The molecule has 30 heavy (non-hydrogen) atoms. The summed E-state index contributed by atoms with van der Waals surface area (Å²) in [5, 5.41) is 0. The van der Waals surface area contributed by atoms with Crippen LogP contribution < -0.4 is 16.1 Å². The van der Waals surface area contributed by atoms with Crippen molar-refractivity contribution in [2.45, 2.75) is 40.8 Å². The van der Waals surface area contributed by atoms with Crippen LogP contribution in [0.4, 0.5) is 11.6 Å². The molecule has 160 valence electrons. The molecule has 0 saturated heterocycles. The van der Waals surface area contributed by atoms with Gasteiger partial charge in [0.25, 0.3) is 5.56 Å². The van der Waals surface area contributed by atoms with E-state index in [1.54, 1.807) is 7.05 Å². The molecule has 3 heterocycles. The molecule has 1 aromatic carbocycles. The van der Waals surface area contributed by atoms with Crippen LogP contribution in [0.2, 0.25) is 0 Å². The molecule has 0 spiro atoms. The fraction of sp³-hybridized carbons (Fsp3) is 0.500. The van der Waals surface area contributed by atoms with Gasteiger partial charge in [0.05, 0.1) is 13.2 Å². The average molecular weight is 412 g/mol. The van der Waals surface area contributed by atoms with E-state index in [4.69, 9.17) is 9.72 Å². The largest absolute Gasteiger partial charge is 0.380 e. The number of ether oxygens (including phenoxy) is 1. The van der Waals surface area contributed by atoms with Gasteiger partial charge >= 0.3 is 5.69 Å². The minimum atomic E-state index is -0.367. The van der Waals surface area contributed by atoms with E-state index in [9.17, 15) is 9.59 Å². The Hall–Kier alpha value is -2.87. The van der Waals surface area contributed by atoms with Gasteiger partial charge in [0.1, 0.15) is 0 Å². The summed E-state index contributed by atoms with van der Waals surface area (Å²) in [5.74, 6) is 1.03. The van der Waals surface area contributed by atoms with E-state index in [0.717, 1.165) is 12.2 Å². The van der Waals surface area contributed by atoms with Gasteiger partial charge in [0.2, 0.25) is 5.95 Å². The standard InChI is InChI=1S/C22H29N5O3/c1-6-30-8-7-25-20(28)18-19(24(5)22(25)29)23-21-26(12-16(4)13-27(18)21)17-10-14(2)9-15(3)11-17/h9-11,16H,6-8,12-13H2,1-5H3/t16-/m0/s1. The molecule has 3 aromatic rings. The molecule has 0 N–H and O–H groups in total. The van der Waals surface area contributed by atoms with Gasteiger partial charge in [-0.2, -0.15) is 4.98 Å². The number of aromatic nitrogens is 4. The van der Waals surface area contributed by atoms with E-state index in [2.05, 4.69) is 43.9 Å². The molecule has 0 amide bonds. The Morgan fingerprint density at radius 2 is 1.83 bits per heavy atom. The molecule has 2 aromatic heterocycles. The Balaban J connectivity index is 1.93. The molecule has 8 heteroatoms. The van der Waals surface area contributed by atoms with Crippen LogP contribution in [0.15, 0.2) is 27.8 Å². The van der Waals surface area contributed by atoms with Crippen molar-refractivity contribution in [2.75, 3.05) is 24.7 Å². The Labute approximate surface area is 175 Å². The second-order valence-corrected chi connectivity index (χ2v) is 8.25. The molecule has 8 nitrogen and oxygen atoms in total. The van der Waals surface area contributed by atoms with Crippen LogP contribution in [0, 0.1) is 19.8 Å². The third kappa shape index (κ3) is 3.35. The molecule has 0 aliphatic carbocycles. The third-order valence-electron chi connectivity index (χ3n) is 5.62. The zero-order valence-electron chi connectivity index (χ0n) is 18.3. The van der Waals surface area contributed by atoms with E-state index in [1.807, 2.05) is 11.5 Å². The molecule has 0 fully saturated rings. The summed E-state index contributed by atoms with van der Waals surface area (Å²) in [7, 11) is 1.67. The van der Waals surface area contributed by atoms with Gasteiger partial charge in [-0.3, -0.25) is 13.9 Å². The van der Waals surface area contributed by atoms with Crippen molar-refractivity contribution in [1.82, 2.24) is 18.7 Å². The number of aryl methyl sites for hydroxylation is 3. The van der Waals surface area contributed by atoms with E-state index in [0.29, 0.717) is 42.8 Å². The van der Waals surface area contributed by atoms with Crippen LogP contribution in [0.3, 0.4) is 0 Å². The Bertz CT molecular complexity index is 1200. The van der Waals surface area contributed by atoms with Gasteiger partial charge in [0.15, 0.2) is 11.2 Å². The minimum Gasteiger partial charge on any atom is -0.380 e. The first-order chi connectivity index (χ1) is 14.3. The fourth-order valence-corrected chi connectivity index (χ4v) is 4.33. The lowest BCUT2D eigenvalue weighted by atomic mass is 10.1. The third-order valence-corrected chi connectivity index (χ3v) is 5.62. The number of fused-ring (bicyclic) bond motifs is 3. The minimum absolute atomic E-state index is 0.228. The van der Waals surface area contributed by atoms with Crippen molar-refractivity contribution >= 4 is 22.8 Å². The van der Waals surface area contributed by atoms with Crippen molar-refractivity contribution in [1.29, 1.82) is 0 Å². The predicted octanol–water partition coefficient (Wildman–Crippen LogP) is 2.34. The maximum absolute atomic E-state index is 13.3. The highest BCUT2D eigenvalue weighted by atomic mass is 16.5. The van der Waals surface area contributed by atoms with Gasteiger partial charge in [0, 0.05) is 32.4 Å². The maximum Gasteiger partial charge on any atom is 0.332 e. The fourth-order valence-electron chi connectivity index (χ4n) is 4.33. The van der Waals surface area contributed by atoms with E-state index in [1.165, 1.54) is 20.3 Å². The van der Waals surface area contributed by atoms with E-state index < -0.39 is 0 Å². The lowest BCUT2D eigenvalue weighted by Gasteiger charge is -2.33. The molecule has 4 rings (SSSR count). The molecule has 1 aliphatic rings. The van der Waals surface area contributed by atoms with Gasteiger partial charge in [-0.25, -0.2) is 4.79 Å². The first-order valence-corrected chi connectivity index (χ1v) is 10.5. The highest BCUT2D eigenvalue weighted by molar-refractivity contribution is 5.77. The van der Waals surface area contributed by atoms with Crippen LogP contribution in [0.25, 0.3) is 11.2 Å². The lowest BCUT2D eigenvalue weighted by Crippen LogP contribution is -2.41. The molecular formula is C22H29N5O3. The van der Waals surface area contributed by atoms with Crippen LogP contribution in [0.5, 0.6) is 0 Å². The van der Waals surface area contributed by atoms with Gasteiger partial charge in [-0.15, -0.1) is 0 Å². The number of imidazole rings is 1. The smallest absolute Gasteiger partial charge is 0.332 e. The summed E-state index contributed by atoms with van der Waals surface area (Å²) in [6, 6.07) is 6.41. The highest BCUT2D eigenvalue weighted by Crippen LogP contribution is 2.33. The molecule has 1 atom stereocenters. The van der Waals surface area contributed by atoms with Crippen molar-refractivity contribution in [3.8, 4) is 0 Å². The molecule has 0 radical (unpaired) electrons. The number of hydrogen-bond acceptors (Lipinski definition) is 5. The predicted molar refractivity (Wildman–Crippen MR) is 118 cm³/mol. The molecule has 0 bridgehead atoms. The zero-order valence-corrected chi connectivity index (χ0v) is 18.3. The monoisotopic (exact) mass is 411 g/mol. The van der Waals surface area contributed by atoms with Crippen LogP contribution in [-0.4, -0.2) is 38.4 Å². The zero-order chi connectivity index (χ0) is 21.6. The van der Waals surface area contributed by atoms with Crippen LogP contribution >= 0.6 is 0 Å². The first kappa shape index (κ1) is 20.4. The molecule has 1 aliphatic heterocycles. The Kier molecular flexibility index (Phi) is 5.27. The molecule has 0 unspecified atom stereocenters. The average Bonchev–Trinajstić information content (AvgIpc) is 3.07. The lowest BCUT2D eigenvalue weighted by molar-refractivity contribution is 0.137. The summed E-state index contributed by atoms with van der Waals surface area (Å²) in [6.07, 6.45) is 0. The van der Waals surface area contributed by atoms with Gasteiger partial charge < -0.3 is 14.2 Å². The molecule has 0 saturated carbocycles. The summed E-state index contributed by atoms with van der Waals surface area (Å²) >= 11 is 0. The number of nitrogens with zero attached hydrogens (tertiary/aromatic N) is 5. The maximum atomic E-state index is 13.3. The SMILES string of the molecule is CCOCCn1c(=O)c2c(nc3n2C[C@@H](C)CN3c2cc(C)cc(C)c2)n(C)c1=O. The van der Waals surface area contributed by atoms with Crippen molar-refractivity contribution in [2.24, 2.45) is 13.0 Å². The van der Waals surface area contributed by atoms with E-state index >= 15 is 0 Å². The normalized spacial score (nSPS) is 16.3. The highest BCUT2D eigenvalue weighted by Gasteiger charge is 2.30. The first-order valence-electron chi connectivity index (χ1n) is 10.5. The number of benzene rings is 1. The van der Waals surface area contributed by atoms with Crippen molar-refractivity contribution in [3.05, 3.63) is 50.2 Å².